The first-order valence-electron chi connectivity index (χ1n) is 7.04. The van der Waals surface area contributed by atoms with Crippen LogP contribution < -0.4 is 10.5 Å². The van der Waals surface area contributed by atoms with Crippen molar-refractivity contribution >= 4 is 17.4 Å². The summed E-state index contributed by atoms with van der Waals surface area (Å²) in [7, 11) is 1.77. The van der Waals surface area contributed by atoms with Gasteiger partial charge in [-0.1, -0.05) is 6.07 Å². The quantitative estimate of drug-likeness (QED) is 0.823. The van der Waals surface area contributed by atoms with Gasteiger partial charge in [0.25, 0.3) is 5.56 Å². The van der Waals surface area contributed by atoms with Crippen molar-refractivity contribution in [1.29, 1.82) is 0 Å². The highest BCUT2D eigenvalue weighted by atomic mass is 16.2. The van der Waals surface area contributed by atoms with Crippen LogP contribution in [0.2, 0.25) is 0 Å². The lowest BCUT2D eigenvalue weighted by atomic mass is 10.4. The number of carbonyl (C=O) groups is 1. The number of amides is 1. The Morgan fingerprint density at radius 3 is 2.67 bits per heavy atom. The molecule has 0 saturated carbocycles. The molecule has 0 unspecified atom stereocenters. The van der Waals surface area contributed by atoms with Gasteiger partial charge in [-0.05, 0) is 26.0 Å². The zero-order valence-electron chi connectivity index (χ0n) is 12.6. The molecule has 0 saturated heterocycles. The van der Waals surface area contributed by atoms with Gasteiger partial charge >= 0.3 is 0 Å². The average molecular weight is 288 g/mol. The highest BCUT2D eigenvalue weighted by molar-refractivity contribution is 5.81. The molecular weight excluding hydrogens is 268 g/mol. The van der Waals surface area contributed by atoms with Gasteiger partial charge in [-0.15, -0.1) is 0 Å². The average Bonchev–Trinajstić information content (AvgIpc) is 2.48. The molecule has 0 atom stereocenters. The lowest BCUT2D eigenvalue weighted by molar-refractivity contribution is -0.129. The highest BCUT2D eigenvalue weighted by Gasteiger charge is 2.14. The van der Waals surface area contributed by atoms with Crippen molar-refractivity contribution in [3.8, 4) is 0 Å². The molecule has 0 aromatic carbocycles. The van der Waals surface area contributed by atoms with Crippen molar-refractivity contribution in [1.82, 2.24) is 14.3 Å². The van der Waals surface area contributed by atoms with Crippen LogP contribution in [0.5, 0.6) is 0 Å². The van der Waals surface area contributed by atoms with E-state index in [2.05, 4.69) is 4.98 Å². The molecule has 0 bridgehead atoms. The summed E-state index contributed by atoms with van der Waals surface area (Å²) in [4.78, 5) is 32.0. The zero-order valence-corrected chi connectivity index (χ0v) is 12.6. The maximum atomic E-state index is 12.1. The Bertz CT molecular complexity index is 691. The minimum Gasteiger partial charge on any atom is -0.350 e. The van der Waals surface area contributed by atoms with Gasteiger partial charge in [-0.3, -0.25) is 14.0 Å². The van der Waals surface area contributed by atoms with Crippen molar-refractivity contribution in [2.75, 3.05) is 31.6 Å². The van der Waals surface area contributed by atoms with Gasteiger partial charge in [0.15, 0.2) is 0 Å². The molecule has 2 heterocycles. The molecule has 1 amide bonds. The molecule has 112 valence electrons. The van der Waals surface area contributed by atoms with E-state index in [9.17, 15) is 9.59 Å². The zero-order chi connectivity index (χ0) is 15.4. The number of hydrogen-bond donors (Lipinski definition) is 0. The van der Waals surface area contributed by atoms with Gasteiger partial charge in [-0.25, -0.2) is 4.98 Å². The second kappa shape index (κ2) is 6.39. The van der Waals surface area contributed by atoms with Crippen LogP contribution in [0.3, 0.4) is 0 Å². The standard InChI is InChI=1S/C15H20N4O2/c1-4-18(5-2)15(21)11-17(3)13-10-14(20)19-9-7-6-8-12(19)16-13/h6-10H,4-5,11H2,1-3H3. The van der Waals surface area contributed by atoms with E-state index in [0.29, 0.717) is 24.6 Å². The van der Waals surface area contributed by atoms with Crippen LogP contribution in [0.4, 0.5) is 5.82 Å². The summed E-state index contributed by atoms with van der Waals surface area (Å²) in [5.74, 6) is 0.532. The molecule has 2 rings (SSSR count). The molecule has 0 aliphatic rings. The fraction of sp³-hybridized carbons (Fsp3) is 0.400. The molecule has 6 nitrogen and oxygen atoms in total. The number of anilines is 1. The molecule has 0 fully saturated rings. The van der Waals surface area contributed by atoms with E-state index in [1.807, 2.05) is 19.9 Å². The number of carbonyl (C=O) groups excluding carboxylic acids is 1. The number of rotatable bonds is 5. The largest absolute Gasteiger partial charge is 0.350 e. The summed E-state index contributed by atoms with van der Waals surface area (Å²) in [5.41, 5.74) is 0.417. The second-order valence-corrected chi connectivity index (χ2v) is 4.80. The fourth-order valence-electron chi connectivity index (χ4n) is 2.20. The number of nitrogens with zero attached hydrogens (tertiary/aromatic N) is 4. The maximum Gasteiger partial charge on any atom is 0.259 e. The van der Waals surface area contributed by atoms with E-state index < -0.39 is 0 Å². The molecule has 21 heavy (non-hydrogen) atoms. The lowest BCUT2D eigenvalue weighted by Gasteiger charge is -2.23. The van der Waals surface area contributed by atoms with Gasteiger partial charge in [0.05, 0.1) is 6.54 Å². The minimum absolute atomic E-state index is 0.0255. The van der Waals surface area contributed by atoms with Crippen LogP contribution in [0.15, 0.2) is 35.3 Å². The molecule has 2 aromatic heterocycles. The topological polar surface area (TPSA) is 57.9 Å². The van der Waals surface area contributed by atoms with Crippen LogP contribution >= 0.6 is 0 Å². The number of pyridine rings is 1. The summed E-state index contributed by atoms with van der Waals surface area (Å²) in [5, 5.41) is 0. The lowest BCUT2D eigenvalue weighted by Crippen LogP contribution is -2.39. The Morgan fingerprint density at radius 1 is 1.29 bits per heavy atom. The Balaban J connectivity index is 2.25. The smallest absolute Gasteiger partial charge is 0.259 e. The third-order valence-electron chi connectivity index (χ3n) is 3.44. The van der Waals surface area contributed by atoms with E-state index in [0.717, 1.165) is 0 Å². The van der Waals surface area contributed by atoms with E-state index in [1.54, 1.807) is 35.2 Å². The van der Waals surface area contributed by atoms with E-state index >= 15 is 0 Å². The molecule has 0 N–H and O–H groups in total. The van der Waals surface area contributed by atoms with Crippen LogP contribution in [-0.2, 0) is 4.79 Å². The SMILES string of the molecule is CCN(CC)C(=O)CN(C)c1cc(=O)n2ccccc2n1. The molecule has 0 aliphatic carbocycles. The van der Waals surface area contributed by atoms with Crippen LogP contribution in [-0.4, -0.2) is 46.9 Å². The van der Waals surface area contributed by atoms with Crippen molar-refractivity contribution in [2.24, 2.45) is 0 Å². The first-order valence-corrected chi connectivity index (χ1v) is 7.04. The minimum atomic E-state index is -0.155. The first-order chi connectivity index (χ1) is 10.1. The first kappa shape index (κ1) is 15.0. The maximum absolute atomic E-state index is 12.1. The number of aromatic nitrogens is 2. The molecule has 0 radical (unpaired) electrons. The van der Waals surface area contributed by atoms with E-state index in [-0.39, 0.29) is 18.0 Å². The van der Waals surface area contributed by atoms with Crippen molar-refractivity contribution in [3.63, 3.8) is 0 Å². The summed E-state index contributed by atoms with van der Waals surface area (Å²) in [6, 6.07) is 6.82. The Morgan fingerprint density at radius 2 is 2.00 bits per heavy atom. The summed E-state index contributed by atoms with van der Waals surface area (Å²) >= 11 is 0. The third kappa shape index (κ3) is 3.21. The third-order valence-corrected chi connectivity index (χ3v) is 3.44. The van der Waals surface area contributed by atoms with E-state index in [1.165, 1.54) is 10.5 Å². The monoisotopic (exact) mass is 288 g/mol. The van der Waals surface area contributed by atoms with Gasteiger partial charge in [0.1, 0.15) is 11.5 Å². The van der Waals surface area contributed by atoms with Crippen molar-refractivity contribution < 1.29 is 4.79 Å². The summed E-state index contributed by atoms with van der Waals surface area (Å²) in [6.07, 6.45) is 1.68. The Kier molecular flexibility index (Phi) is 4.57. The second-order valence-electron chi connectivity index (χ2n) is 4.80. The van der Waals surface area contributed by atoms with Crippen LogP contribution in [0.25, 0.3) is 5.65 Å². The molecule has 0 spiro atoms. The number of likely N-dealkylation sites (N-methyl/N-ethyl adjacent to an activating group) is 2. The van der Waals surface area contributed by atoms with Crippen molar-refractivity contribution in [2.45, 2.75) is 13.8 Å². The van der Waals surface area contributed by atoms with Gasteiger partial charge in [0, 0.05) is 32.4 Å². The number of fused-ring (bicyclic) bond motifs is 1. The predicted octanol–water partition coefficient (Wildman–Crippen LogP) is 0.999. The highest BCUT2D eigenvalue weighted by Crippen LogP contribution is 2.08. The van der Waals surface area contributed by atoms with Crippen LogP contribution in [0, 0.1) is 0 Å². The summed E-state index contributed by atoms with van der Waals surface area (Å²) < 4.78 is 1.48. The molecule has 0 aliphatic heterocycles. The Labute approximate surface area is 123 Å². The predicted molar refractivity (Wildman–Crippen MR) is 82.7 cm³/mol. The summed E-state index contributed by atoms with van der Waals surface area (Å²) in [6.45, 7) is 5.45. The molecule has 6 heteroatoms. The van der Waals surface area contributed by atoms with Gasteiger partial charge < -0.3 is 9.80 Å². The van der Waals surface area contributed by atoms with E-state index in [4.69, 9.17) is 0 Å². The molecule has 2 aromatic rings. The Hall–Kier alpha value is -2.37. The van der Waals surface area contributed by atoms with Crippen molar-refractivity contribution in [3.05, 3.63) is 40.8 Å². The van der Waals surface area contributed by atoms with Gasteiger partial charge in [0.2, 0.25) is 5.91 Å². The fourth-order valence-corrected chi connectivity index (χ4v) is 2.20. The normalized spacial score (nSPS) is 10.6. The molecular formula is C15H20N4O2. The number of hydrogen-bond acceptors (Lipinski definition) is 4. The van der Waals surface area contributed by atoms with Crippen LogP contribution in [0.1, 0.15) is 13.8 Å². The van der Waals surface area contributed by atoms with Gasteiger partial charge in [-0.2, -0.15) is 0 Å².